The third-order valence-electron chi connectivity index (χ3n) is 2.29. The molecule has 0 saturated heterocycles. The molecule has 0 amide bonds. The van der Waals surface area contributed by atoms with Crippen LogP contribution in [-0.2, 0) is 0 Å². The number of nitrogens with two attached hydrogens (primary N) is 1. The van der Waals surface area contributed by atoms with Gasteiger partial charge < -0.3 is 10.8 Å². The normalized spacial score (nSPS) is 15.2. The van der Waals surface area contributed by atoms with Crippen LogP contribution in [0, 0.1) is 5.41 Å². The molecule has 0 aliphatic carbocycles. The van der Waals surface area contributed by atoms with E-state index in [0.29, 0.717) is 18.5 Å². The summed E-state index contributed by atoms with van der Waals surface area (Å²) in [7, 11) is 0. The molecule has 78 valence electrons. The first-order chi connectivity index (χ1) is 7.18. The molecule has 1 aliphatic rings. The van der Waals surface area contributed by atoms with E-state index in [1.165, 1.54) is 5.01 Å². The average molecular weight is 204 g/mol. The minimum atomic E-state index is -0.0691. The number of phenolic OH excluding ortho intramolecular Hbond substituents is 1. The Morgan fingerprint density at radius 2 is 2.20 bits per heavy atom. The van der Waals surface area contributed by atoms with Crippen molar-refractivity contribution >= 4 is 11.7 Å². The van der Waals surface area contributed by atoms with Crippen molar-refractivity contribution in [3.63, 3.8) is 0 Å². The van der Waals surface area contributed by atoms with Gasteiger partial charge in [0.25, 0.3) is 0 Å². The second-order valence-corrected chi connectivity index (χ2v) is 3.32. The molecular weight excluding hydrogens is 192 g/mol. The Morgan fingerprint density at radius 1 is 1.47 bits per heavy atom. The molecule has 0 unspecified atom stereocenters. The first-order valence-corrected chi connectivity index (χ1v) is 4.66. The number of benzene rings is 1. The summed E-state index contributed by atoms with van der Waals surface area (Å²) in [5, 5.41) is 22.4. The minimum Gasteiger partial charge on any atom is -0.507 e. The molecule has 1 aromatic rings. The molecule has 0 fully saturated rings. The average Bonchev–Trinajstić information content (AvgIpc) is 2.67. The molecule has 1 aliphatic heterocycles. The number of hydrogen-bond acceptors (Lipinski definition) is 3. The van der Waals surface area contributed by atoms with Gasteiger partial charge in [0.05, 0.1) is 12.3 Å². The standard InChI is InChI=1S/C10H12N4O/c11-10(12)14-6-5-8(13-14)7-3-1-2-4-9(7)15/h1-4,15H,5-6H2,(H3,11,12). The summed E-state index contributed by atoms with van der Waals surface area (Å²) >= 11 is 0. The van der Waals surface area contributed by atoms with E-state index in [1.54, 1.807) is 18.2 Å². The number of guanidine groups is 1. The molecule has 0 atom stereocenters. The highest BCUT2D eigenvalue weighted by atomic mass is 16.3. The summed E-state index contributed by atoms with van der Waals surface area (Å²) in [4.78, 5) is 0. The van der Waals surface area contributed by atoms with Crippen molar-refractivity contribution < 1.29 is 5.11 Å². The molecular formula is C10H12N4O. The van der Waals surface area contributed by atoms with Crippen molar-refractivity contribution in [1.29, 1.82) is 5.41 Å². The fraction of sp³-hybridized carbons (Fsp3) is 0.200. The molecule has 0 radical (unpaired) electrons. The predicted molar refractivity (Wildman–Crippen MR) is 57.9 cm³/mol. The van der Waals surface area contributed by atoms with Crippen molar-refractivity contribution in [2.75, 3.05) is 6.54 Å². The summed E-state index contributed by atoms with van der Waals surface area (Å²) in [5.41, 5.74) is 6.79. The van der Waals surface area contributed by atoms with E-state index in [4.69, 9.17) is 11.1 Å². The Bertz CT molecular complexity index is 427. The molecule has 1 aromatic carbocycles. The fourth-order valence-corrected chi connectivity index (χ4v) is 1.54. The van der Waals surface area contributed by atoms with Crippen LogP contribution in [0.15, 0.2) is 29.4 Å². The minimum absolute atomic E-state index is 0.0691. The van der Waals surface area contributed by atoms with Crippen LogP contribution in [0.3, 0.4) is 0 Å². The summed E-state index contributed by atoms with van der Waals surface area (Å²) in [6, 6.07) is 7.02. The van der Waals surface area contributed by atoms with Crippen LogP contribution in [0.1, 0.15) is 12.0 Å². The number of hydrogen-bond donors (Lipinski definition) is 3. The highest BCUT2D eigenvalue weighted by Crippen LogP contribution is 2.21. The van der Waals surface area contributed by atoms with Crippen LogP contribution in [0.4, 0.5) is 0 Å². The summed E-state index contributed by atoms with van der Waals surface area (Å²) in [6.07, 6.45) is 0.692. The van der Waals surface area contributed by atoms with Gasteiger partial charge in [-0.2, -0.15) is 5.10 Å². The van der Waals surface area contributed by atoms with E-state index in [1.807, 2.05) is 6.07 Å². The number of rotatable bonds is 1. The Labute approximate surface area is 87.3 Å². The maximum Gasteiger partial charge on any atom is 0.209 e. The monoisotopic (exact) mass is 204 g/mol. The molecule has 2 rings (SSSR count). The predicted octanol–water partition coefficient (Wildman–Crippen LogP) is 0.695. The third-order valence-corrected chi connectivity index (χ3v) is 2.29. The van der Waals surface area contributed by atoms with E-state index in [9.17, 15) is 5.11 Å². The van der Waals surface area contributed by atoms with Crippen LogP contribution in [0.25, 0.3) is 0 Å². The van der Waals surface area contributed by atoms with Crippen molar-refractivity contribution in [1.82, 2.24) is 5.01 Å². The molecule has 0 saturated carbocycles. The smallest absolute Gasteiger partial charge is 0.209 e. The zero-order valence-electron chi connectivity index (χ0n) is 8.14. The van der Waals surface area contributed by atoms with Crippen molar-refractivity contribution in [2.24, 2.45) is 10.8 Å². The third kappa shape index (κ3) is 1.76. The maximum absolute atomic E-state index is 9.61. The second kappa shape index (κ2) is 3.61. The summed E-state index contributed by atoms with van der Waals surface area (Å²) in [5.74, 6) is 0.141. The maximum atomic E-state index is 9.61. The molecule has 1 heterocycles. The lowest BCUT2D eigenvalue weighted by Crippen LogP contribution is -2.29. The Balaban J connectivity index is 2.30. The van der Waals surface area contributed by atoms with E-state index in [-0.39, 0.29) is 11.7 Å². The lowest BCUT2D eigenvalue weighted by atomic mass is 10.1. The molecule has 15 heavy (non-hydrogen) atoms. The topological polar surface area (TPSA) is 85.7 Å². The quantitative estimate of drug-likeness (QED) is 0.465. The van der Waals surface area contributed by atoms with Gasteiger partial charge in [-0.1, -0.05) is 12.1 Å². The Hall–Kier alpha value is -2.04. The lowest BCUT2D eigenvalue weighted by molar-refractivity contribution is 0.473. The second-order valence-electron chi connectivity index (χ2n) is 3.32. The van der Waals surface area contributed by atoms with Gasteiger partial charge in [-0.25, -0.2) is 5.01 Å². The van der Waals surface area contributed by atoms with Crippen LogP contribution in [-0.4, -0.2) is 28.3 Å². The van der Waals surface area contributed by atoms with E-state index >= 15 is 0 Å². The van der Waals surface area contributed by atoms with Gasteiger partial charge >= 0.3 is 0 Å². The number of nitrogens with one attached hydrogen (secondary N) is 1. The van der Waals surface area contributed by atoms with Crippen molar-refractivity contribution in [3.8, 4) is 5.75 Å². The van der Waals surface area contributed by atoms with E-state index in [2.05, 4.69) is 5.10 Å². The van der Waals surface area contributed by atoms with Gasteiger partial charge in [-0.05, 0) is 12.1 Å². The van der Waals surface area contributed by atoms with E-state index < -0.39 is 0 Å². The fourth-order valence-electron chi connectivity index (χ4n) is 1.54. The van der Waals surface area contributed by atoms with Gasteiger partial charge in [-0.15, -0.1) is 0 Å². The van der Waals surface area contributed by atoms with Gasteiger partial charge in [0.2, 0.25) is 5.96 Å². The number of para-hydroxylation sites is 1. The first kappa shape index (κ1) is 9.51. The number of aromatic hydroxyl groups is 1. The number of phenols is 1. The zero-order chi connectivity index (χ0) is 10.8. The van der Waals surface area contributed by atoms with Crippen molar-refractivity contribution in [3.05, 3.63) is 29.8 Å². The van der Waals surface area contributed by atoms with Crippen LogP contribution >= 0.6 is 0 Å². The summed E-state index contributed by atoms with van der Waals surface area (Å²) in [6.45, 7) is 0.596. The summed E-state index contributed by atoms with van der Waals surface area (Å²) < 4.78 is 0. The molecule has 4 N–H and O–H groups in total. The molecule has 0 aromatic heterocycles. The molecule has 5 nitrogen and oxygen atoms in total. The van der Waals surface area contributed by atoms with Gasteiger partial charge in [0.1, 0.15) is 5.75 Å². The number of nitrogens with zero attached hydrogens (tertiary/aromatic N) is 2. The molecule has 0 spiro atoms. The Kier molecular flexibility index (Phi) is 2.29. The molecule has 5 heteroatoms. The highest BCUT2D eigenvalue weighted by Gasteiger charge is 2.19. The highest BCUT2D eigenvalue weighted by molar-refractivity contribution is 6.04. The molecule has 0 bridgehead atoms. The van der Waals surface area contributed by atoms with Crippen LogP contribution in [0.2, 0.25) is 0 Å². The van der Waals surface area contributed by atoms with Gasteiger partial charge in [0.15, 0.2) is 0 Å². The van der Waals surface area contributed by atoms with Gasteiger partial charge in [-0.3, -0.25) is 5.41 Å². The van der Waals surface area contributed by atoms with Gasteiger partial charge in [0, 0.05) is 12.0 Å². The van der Waals surface area contributed by atoms with Crippen LogP contribution < -0.4 is 5.73 Å². The zero-order valence-corrected chi connectivity index (χ0v) is 8.14. The largest absolute Gasteiger partial charge is 0.507 e. The Morgan fingerprint density at radius 3 is 2.80 bits per heavy atom. The van der Waals surface area contributed by atoms with Crippen LogP contribution in [0.5, 0.6) is 5.75 Å². The number of hydrazone groups is 1. The lowest BCUT2D eigenvalue weighted by Gasteiger charge is -2.08. The van der Waals surface area contributed by atoms with Crippen molar-refractivity contribution in [2.45, 2.75) is 6.42 Å². The van der Waals surface area contributed by atoms with E-state index in [0.717, 1.165) is 5.71 Å². The SMILES string of the molecule is N=C(N)N1CCC(c2ccccc2O)=N1. The first-order valence-electron chi connectivity index (χ1n) is 4.66.